The van der Waals surface area contributed by atoms with Crippen molar-refractivity contribution in [2.75, 3.05) is 17.2 Å². The second kappa shape index (κ2) is 10.5. The Balaban J connectivity index is 1.09. The van der Waals surface area contributed by atoms with Crippen LogP contribution in [0.15, 0.2) is 58.4 Å². The average Bonchev–Trinajstić information content (AvgIpc) is 3.41. The summed E-state index contributed by atoms with van der Waals surface area (Å²) in [5.41, 5.74) is 9.79. The van der Waals surface area contributed by atoms with E-state index in [4.69, 9.17) is 5.73 Å². The molecule has 0 bridgehead atoms. The molecular weight excluding hydrogens is 540 g/mol. The van der Waals surface area contributed by atoms with Gasteiger partial charge < -0.3 is 26.4 Å². The lowest BCUT2D eigenvalue weighted by Crippen LogP contribution is -2.44. The molecule has 1 aliphatic heterocycles. The second-order valence-corrected chi connectivity index (χ2v) is 10.4. The Kier molecular flexibility index (Phi) is 6.73. The van der Waals surface area contributed by atoms with Crippen molar-refractivity contribution < 1.29 is 19.5 Å². The Morgan fingerprint density at radius 3 is 2.48 bits per heavy atom. The van der Waals surface area contributed by atoms with Crippen LogP contribution in [0.2, 0.25) is 0 Å². The minimum atomic E-state index is -1.00. The number of aromatic carboxylic acids is 1. The van der Waals surface area contributed by atoms with Crippen molar-refractivity contribution in [1.29, 1.82) is 0 Å². The number of aryl methyl sites for hydroxylation is 1. The molecule has 0 spiro atoms. The van der Waals surface area contributed by atoms with Gasteiger partial charge in [0.05, 0.1) is 11.6 Å². The van der Waals surface area contributed by atoms with Gasteiger partial charge in [0.25, 0.3) is 22.7 Å². The van der Waals surface area contributed by atoms with E-state index in [0.29, 0.717) is 32.4 Å². The number of benzene rings is 2. The molecule has 1 atom stereocenters. The monoisotopic (exact) mass is 566 g/mol. The third kappa shape index (κ3) is 4.87. The molecule has 2 aliphatic rings. The fraction of sp³-hybridized carbons (Fsp3) is 0.233. The van der Waals surface area contributed by atoms with E-state index in [1.54, 1.807) is 12.1 Å². The first kappa shape index (κ1) is 26.8. The van der Waals surface area contributed by atoms with Crippen LogP contribution in [0.1, 0.15) is 71.6 Å². The van der Waals surface area contributed by atoms with Crippen LogP contribution in [0.4, 0.5) is 11.4 Å². The van der Waals surface area contributed by atoms with Crippen molar-refractivity contribution in [3.05, 3.63) is 114 Å². The molecule has 0 saturated heterocycles. The minimum absolute atomic E-state index is 0.00663. The zero-order valence-electron chi connectivity index (χ0n) is 22.3. The molecule has 212 valence electrons. The van der Waals surface area contributed by atoms with Crippen molar-refractivity contribution in [3.63, 3.8) is 0 Å². The molecule has 12 heteroatoms. The Hall–Kier alpha value is -5.39. The third-order valence-corrected chi connectivity index (χ3v) is 7.88. The van der Waals surface area contributed by atoms with Crippen LogP contribution in [0.3, 0.4) is 0 Å². The molecule has 12 nitrogen and oxygen atoms in total. The topological polar surface area (TPSA) is 185 Å². The first-order valence-corrected chi connectivity index (χ1v) is 13.4. The predicted molar refractivity (Wildman–Crippen MR) is 152 cm³/mol. The maximum Gasteiger partial charge on any atom is 0.335 e. The molecular formula is C30H26N6O6. The van der Waals surface area contributed by atoms with Crippen LogP contribution >= 0.6 is 0 Å². The van der Waals surface area contributed by atoms with Crippen molar-refractivity contribution in [2.24, 2.45) is 0 Å². The molecule has 2 amide bonds. The molecule has 3 aromatic carbocycles. The molecule has 0 unspecified atom stereocenters. The number of nitrogens with one attached hydrogen (secondary N) is 2. The van der Waals surface area contributed by atoms with Crippen LogP contribution in [-0.4, -0.2) is 39.4 Å². The molecule has 42 heavy (non-hydrogen) atoms. The zero-order chi connectivity index (χ0) is 29.5. The number of nitrogens with two attached hydrogens (primary N) is 1. The maximum absolute atomic E-state index is 13.0. The van der Waals surface area contributed by atoms with E-state index in [9.17, 15) is 29.1 Å². The molecule has 2 heterocycles. The number of carbonyl (C=O) groups is 3. The van der Waals surface area contributed by atoms with E-state index in [-0.39, 0.29) is 40.9 Å². The smallest absolute Gasteiger partial charge is 0.335 e. The van der Waals surface area contributed by atoms with Gasteiger partial charge in [-0.3, -0.25) is 19.2 Å². The molecule has 0 radical (unpaired) electrons. The van der Waals surface area contributed by atoms with Gasteiger partial charge in [-0.25, -0.2) is 14.8 Å². The number of hydrogen-bond donors (Lipinski definition) is 4. The number of rotatable bonds is 7. The number of fused-ring (bicyclic) bond motifs is 2. The number of amides is 2. The normalized spacial score (nSPS) is 15.6. The highest BCUT2D eigenvalue weighted by Crippen LogP contribution is 2.32. The fourth-order valence-corrected chi connectivity index (χ4v) is 5.63. The number of hydrogen-bond acceptors (Lipinski definition) is 9. The lowest BCUT2D eigenvalue weighted by atomic mass is 9.96. The van der Waals surface area contributed by atoms with Gasteiger partial charge in [0.2, 0.25) is 0 Å². The number of aromatic nitrogens is 2. The Bertz CT molecular complexity index is 1840. The largest absolute Gasteiger partial charge is 0.478 e. The quantitative estimate of drug-likeness (QED) is 0.237. The van der Waals surface area contributed by atoms with Crippen molar-refractivity contribution in [3.8, 4) is 0 Å². The summed E-state index contributed by atoms with van der Waals surface area (Å²) in [5, 5.41) is 14.9. The highest BCUT2D eigenvalue weighted by Gasteiger charge is 2.28. The van der Waals surface area contributed by atoms with Crippen LogP contribution in [0.25, 0.3) is 0 Å². The molecule has 1 aliphatic carbocycles. The Morgan fingerprint density at radius 1 is 0.929 bits per heavy atom. The average molecular weight is 567 g/mol. The van der Waals surface area contributed by atoms with E-state index in [1.807, 2.05) is 23.1 Å². The number of nitrogen functional groups attached to an aromatic ring is 1. The third-order valence-electron chi connectivity index (χ3n) is 7.88. The fourth-order valence-electron chi connectivity index (χ4n) is 5.63. The number of anilines is 2. The summed E-state index contributed by atoms with van der Waals surface area (Å²) >= 11 is 0. The SMILES string of the molecule is Nc1c(N2CCc3ccc(CNC(=O)c4cc(C(=O)N[C@H]5CCc6cc(C(=O)O)ccc65)ncn4)cc3C2)c(=O)c1=O. The summed E-state index contributed by atoms with van der Waals surface area (Å²) in [6, 6.07) is 11.7. The number of carboxylic acid groups (broad SMARTS) is 1. The molecule has 1 aromatic heterocycles. The number of carboxylic acids is 1. The van der Waals surface area contributed by atoms with E-state index in [0.717, 1.165) is 34.1 Å². The highest BCUT2D eigenvalue weighted by atomic mass is 16.4. The molecule has 0 saturated carbocycles. The summed E-state index contributed by atoms with van der Waals surface area (Å²) in [5.74, 6) is -1.94. The van der Waals surface area contributed by atoms with Crippen LogP contribution in [-0.2, 0) is 25.9 Å². The van der Waals surface area contributed by atoms with E-state index in [2.05, 4.69) is 20.6 Å². The predicted octanol–water partition coefficient (Wildman–Crippen LogP) is 1.26. The van der Waals surface area contributed by atoms with E-state index >= 15 is 0 Å². The van der Waals surface area contributed by atoms with E-state index < -0.39 is 28.6 Å². The summed E-state index contributed by atoms with van der Waals surface area (Å²) in [7, 11) is 0. The molecule has 0 fully saturated rings. The van der Waals surface area contributed by atoms with Gasteiger partial charge >= 0.3 is 5.97 Å². The Morgan fingerprint density at radius 2 is 1.71 bits per heavy atom. The van der Waals surface area contributed by atoms with Gasteiger partial charge in [-0.05, 0) is 59.2 Å². The lowest BCUT2D eigenvalue weighted by Gasteiger charge is -2.32. The second-order valence-electron chi connectivity index (χ2n) is 10.4. The standard InChI is InChI=1S/C30H26N6O6/c31-24-25(27(38)26(24)37)36-8-7-16-2-1-15(9-19(16)13-36)12-32-28(39)22-11-23(34-14-33-22)29(40)35-21-6-4-17-10-18(30(41)42)3-5-20(17)21/h1-3,5,9-11,14,21H,4,6-8,12-13,31H2,(H,32,39)(H,35,40)(H,41,42)/t21-/m0/s1. The maximum atomic E-state index is 13.0. The summed E-state index contributed by atoms with van der Waals surface area (Å²) < 4.78 is 0. The summed E-state index contributed by atoms with van der Waals surface area (Å²) in [6.45, 7) is 1.22. The zero-order valence-corrected chi connectivity index (χ0v) is 22.3. The van der Waals surface area contributed by atoms with Crippen molar-refractivity contribution in [2.45, 2.75) is 38.4 Å². The van der Waals surface area contributed by atoms with Gasteiger partial charge in [-0.1, -0.05) is 24.3 Å². The van der Waals surface area contributed by atoms with Crippen LogP contribution in [0, 0.1) is 0 Å². The minimum Gasteiger partial charge on any atom is -0.478 e. The van der Waals surface area contributed by atoms with Gasteiger partial charge in [0.1, 0.15) is 29.1 Å². The highest BCUT2D eigenvalue weighted by molar-refractivity contribution is 5.97. The van der Waals surface area contributed by atoms with Gasteiger partial charge in [-0.2, -0.15) is 0 Å². The number of carbonyl (C=O) groups excluding carboxylic acids is 2. The summed E-state index contributed by atoms with van der Waals surface area (Å²) in [6.07, 6.45) is 3.12. The molecule has 4 aromatic rings. The van der Waals surface area contributed by atoms with Gasteiger partial charge in [0, 0.05) is 25.7 Å². The molecule has 6 rings (SSSR count). The number of nitrogens with zero attached hydrogens (tertiary/aromatic N) is 3. The van der Waals surface area contributed by atoms with Gasteiger partial charge in [-0.15, -0.1) is 0 Å². The van der Waals surface area contributed by atoms with E-state index in [1.165, 1.54) is 12.1 Å². The first-order valence-electron chi connectivity index (χ1n) is 13.4. The van der Waals surface area contributed by atoms with Crippen molar-refractivity contribution >= 4 is 29.2 Å². The lowest BCUT2D eigenvalue weighted by molar-refractivity contribution is 0.0696. The van der Waals surface area contributed by atoms with Crippen molar-refractivity contribution in [1.82, 2.24) is 20.6 Å². The van der Waals surface area contributed by atoms with Gasteiger partial charge in [0.15, 0.2) is 0 Å². The molecule has 5 N–H and O–H groups in total. The summed E-state index contributed by atoms with van der Waals surface area (Å²) in [4.78, 5) is 70.5. The first-order chi connectivity index (χ1) is 20.2. The Labute approximate surface area is 238 Å². The van der Waals surface area contributed by atoms with Crippen LogP contribution < -0.4 is 32.1 Å². The van der Waals surface area contributed by atoms with Crippen LogP contribution in [0.5, 0.6) is 0 Å².